The average molecular weight is 396 g/mol. The molecule has 1 atom stereocenters. The van der Waals surface area contributed by atoms with E-state index in [2.05, 4.69) is 24.4 Å². The number of carbonyl (C=O) groups is 1. The molecule has 0 heterocycles. The second kappa shape index (κ2) is 9.12. The van der Waals surface area contributed by atoms with Gasteiger partial charge >= 0.3 is 0 Å². The third-order valence-corrected chi connectivity index (χ3v) is 6.01. The van der Waals surface area contributed by atoms with Crippen molar-refractivity contribution in [3.63, 3.8) is 0 Å². The molecule has 3 aromatic rings. The third kappa shape index (κ3) is 5.38. The fourth-order valence-corrected chi connectivity index (χ4v) is 4.04. The van der Waals surface area contributed by atoms with Gasteiger partial charge in [0, 0.05) is 10.7 Å². The Morgan fingerprint density at radius 2 is 1.59 bits per heavy atom. The zero-order chi connectivity index (χ0) is 19.2. The number of hydrogen-bond donors (Lipinski definition) is 1. The van der Waals surface area contributed by atoms with Gasteiger partial charge in [-0.05, 0) is 60.4 Å². The molecule has 1 amide bonds. The summed E-state index contributed by atoms with van der Waals surface area (Å²) < 4.78 is 0. The zero-order valence-electron chi connectivity index (χ0n) is 15.4. The van der Waals surface area contributed by atoms with Gasteiger partial charge in [0.1, 0.15) is 0 Å². The molecular weight excluding hydrogens is 374 g/mol. The monoisotopic (exact) mass is 395 g/mol. The first-order chi connectivity index (χ1) is 13.0. The minimum absolute atomic E-state index is 0.00172. The number of amides is 1. The van der Waals surface area contributed by atoms with Crippen LogP contribution in [0.25, 0.3) is 0 Å². The van der Waals surface area contributed by atoms with Crippen molar-refractivity contribution < 1.29 is 4.79 Å². The van der Waals surface area contributed by atoms with Crippen LogP contribution in [-0.2, 0) is 4.79 Å². The zero-order valence-corrected chi connectivity index (χ0v) is 17.0. The fraction of sp³-hybridized carbons (Fsp3) is 0.174. The van der Waals surface area contributed by atoms with E-state index in [-0.39, 0.29) is 11.2 Å². The van der Waals surface area contributed by atoms with Crippen LogP contribution in [0.3, 0.4) is 0 Å². The Hall–Kier alpha value is -2.23. The van der Waals surface area contributed by atoms with Crippen molar-refractivity contribution >= 4 is 35.0 Å². The lowest BCUT2D eigenvalue weighted by Crippen LogP contribution is -2.15. The smallest absolute Gasteiger partial charge is 0.234 e. The van der Waals surface area contributed by atoms with Gasteiger partial charge in [-0.3, -0.25) is 4.79 Å². The SMILES string of the molecule is Cc1ccc(NC(=O)CS[C@H](c2ccccc2)c2ccc(Cl)cc2)cc1C. The van der Waals surface area contributed by atoms with E-state index in [1.54, 1.807) is 11.8 Å². The summed E-state index contributed by atoms with van der Waals surface area (Å²) in [6.45, 7) is 4.11. The van der Waals surface area contributed by atoms with E-state index in [0.29, 0.717) is 10.8 Å². The van der Waals surface area contributed by atoms with Gasteiger partial charge in [0.2, 0.25) is 5.91 Å². The number of hydrogen-bond acceptors (Lipinski definition) is 2. The van der Waals surface area contributed by atoms with E-state index >= 15 is 0 Å². The molecule has 2 nitrogen and oxygen atoms in total. The molecule has 0 aliphatic rings. The Labute approximate surface area is 170 Å². The van der Waals surface area contributed by atoms with Gasteiger partial charge < -0.3 is 5.32 Å². The van der Waals surface area contributed by atoms with E-state index in [1.807, 2.05) is 67.6 Å². The lowest BCUT2D eigenvalue weighted by atomic mass is 10.0. The van der Waals surface area contributed by atoms with Crippen LogP contribution in [0.2, 0.25) is 5.02 Å². The summed E-state index contributed by atoms with van der Waals surface area (Å²) in [5, 5.41) is 3.79. The number of nitrogens with one attached hydrogen (secondary N) is 1. The molecule has 0 aliphatic heterocycles. The Balaban J connectivity index is 1.71. The Bertz CT molecular complexity index is 909. The number of halogens is 1. The molecule has 0 fully saturated rings. The maximum absolute atomic E-state index is 12.5. The highest BCUT2D eigenvalue weighted by molar-refractivity contribution is 8.00. The van der Waals surface area contributed by atoms with E-state index in [0.717, 1.165) is 11.3 Å². The van der Waals surface area contributed by atoms with Gasteiger partial charge in [0.15, 0.2) is 0 Å². The van der Waals surface area contributed by atoms with Gasteiger partial charge in [-0.15, -0.1) is 11.8 Å². The molecule has 0 radical (unpaired) electrons. The highest BCUT2D eigenvalue weighted by Crippen LogP contribution is 2.36. The largest absolute Gasteiger partial charge is 0.325 e. The van der Waals surface area contributed by atoms with Gasteiger partial charge in [0.05, 0.1) is 11.0 Å². The van der Waals surface area contributed by atoms with Crippen LogP contribution in [0.1, 0.15) is 27.5 Å². The van der Waals surface area contributed by atoms with Gasteiger partial charge in [0.25, 0.3) is 0 Å². The normalized spacial score (nSPS) is 11.8. The molecule has 0 saturated heterocycles. The predicted molar refractivity (Wildman–Crippen MR) is 117 cm³/mol. The number of thioether (sulfide) groups is 1. The van der Waals surface area contributed by atoms with Crippen LogP contribution >= 0.6 is 23.4 Å². The van der Waals surface area contributed by atoms with E-state index in [1.165, 1.54) is 16.7 Å². The first-order valence-corrected chi connectivity index (χ1v) is 10.2. The van der Waals surface area contributed by atoms with Crippen molar-refractivity contribution in [2.75, 3.05) is 11.1 Å². The summed E-state index contributed by atoms with van der Waals surface area (Å²) in [7, 11) is 0. The van der Waals surface area contributed by atoms with Gasteiger partial charge in [-0.2, -0.15) is 0 Å². The van der Waals surface area contributed by atoms with Crippen molar-refractivity contribution in [3.8, 4) is 0 Å². The maximum atomic E-state index is 12.5. The Morgan fingerprint density at radius 1 is 0.926 bits per heavy atom. The van der Waals surface area contributed by atoms with Crippen LogP contribution in [-0.4, -0.2) is 11.7 Å². The minimum Gasteiger partial charge on any atom is -0.325 e. The van der Waals surface area contributed by atoms with Crippen LogP contribution in [0, 0.1) is 13.8 Å². The first-order valence-electron chi connectivity index (χ1n) is 8.82. The summed E-state index contributed by atoms with van der Waals surface area (Å²) in [6, 6.07) is 24.0. The lowest BCUT2D eigenvalue weighted by molar-refractivity contribution is -0.113. The summed E-state index contributed by atoms with van der Waals surface area (Å²) in [5.74, 6) is 0.368. The molecule has 0 spiro atoms. The topological polar surface area (TPSA) is 29.1 Å². The van der Waals surface area contributed by atoms with Crippen molar-refractivity contribution in [1.82, 2.24) is 0 Å². The molecule has 138 valence electrons. The molecule has 0 bridgehead atoms. The standard InChI is InChI=1S/C23H22ClNOS/c1-16-8-13-21(14-17(16)2)25-22(26)15-27-23(18-6-4-3-5-7-18)19-9-11-20(24)12-10-19/h3-14,23H,15H2,1-2H3,(H,25,26)/t23-/m1/s1. The second-order valence-corrected chi connectivity index (χ2v) is 8.03. The maximum Gasteiger partial charge on any atom is 0.234 e. The van der Waals surface area contributed by atoms with Crippen molar-refractivity contribution in [3.05, 3.63) is 100 Å². The second-order valence-electron chi connectivity index (χ2n) is 6.50. The van der Waals surface area contributed by atoms with Crippen molar-refractivity contribution in [1.29, 1.82) is 0 Å². The Morgan fingerprint density at radius 3 is 2.26 bits per heavy atom. The van der Waals surface area contributed by atoms with Crippen LogP contribution in [0.4, 0.5) is 5.69 Å². The number of benzene rings is 3. The van der Waals surface area contributed by atoms with Gasteiger partial charge in [-0.25, -0.2) is 0 Å². The number of carbonyl (C=O) groups excluding carboxylic acids is 1. The molecule has 27 heavy (non-hydrogen) atoms. The lowest BCUT2D eigenvalue weighted by Gasteiger charge is -2.18. The van der Waals surface area contributed by atoms with E-state index in [4.69, 9.17) is 11.6 Å². The molecule has 4 heteroatoms. The van der Waals surface area contributed by atoms with Crippen LogP contribution in [0.5, 0.6) is 0 Å². The first kappa shape index (κ1) is 19.5. The molecule has 3 aromatic carbocycles. The minimum atomic E-state index is -0.00172. The molecular formula is C23H22ClNOS. The third-order valence-electron chi connectivity index (χ3n) is 4.45. The van der Waals surface area contributed by atoms with Crippen molar-refractivity contribution in [2.24, 2.45) is 0 Å². The fourth-order valence-electron chi connectivity index (χ4n) is 2.83. The van der Waals surface area contributed by atoms with Crippen LogP contribution < -0.4 is 5.32 Å². The molecule has 0 unspecified atom stereocenters. The highest BCUT2D eigenvalue weighted by atomic mass is 35.5. The van der Waals surface area contributed by atoms with Gasteiger partial charge in [-0.1, -0.05) is 60.1 Å². The summed E-state index contributed by atoms with van der Waals surface area (Å²) in [5.41, 5.74) is 5.53. The van der Waals surface area contributed by atoms with E-state index in [9.17, 15) is 4.79 Å². The summed E-state index contributed by atoms with van der Waals surface area (Å²) in [4.78, 5) is 12.5. The molecule has 3 rings (SSSR count). The summed E-state index contributed by atoms with van der Waals surface area (Å²) >= 11 is 7.65. The van der Waals surface area contributed by atoms with Crippen molar-refractivity contribution in [2.45, 2.75) is 19.1 Å². The Kier molecular flexibility index (Phi) is 6.59. The van der Waals surface area contributed by atoms with Crippen LogP contribution in [0.15, 0.2) is 72.8 Å². The molecule has 0 saturated carbocycles. The average Bonchev–Trinajstić information content (AvgIpc) is 2.67. The van der Waals surface area contributed by atoms with E-state index < -0.39 is 0 Å². The molecule has 1 N–H and O–H groups in total. The predicted octanol–water partition coefficient (Wildman–Crippen LogP) is 6.42. The quantitative estimate of drug-likeness (QED) is 0.521. The number of rotatable bonds is 6. The number of aryl methyl sites for hydroxylation is 2. The summed E-state index contributed by atoms with van der Waals surface area (Å²) in [6.07, 6.45) is 0. The molecule has 0 aromatic heterocycles. The highest BCUT2D eigenvalue weighted by Gasteiger charge is 2.16. The number of anilines is 1. The molecule has 0 aliphatic carbocycles.